The normalized spacial score (nSPS) is 20.7. The number of benzene rings is 2. The van der Waals surface area contributed by atoms with Gasteiger partial charge in [-0.05, 0) is 48.6 Å². The quantitative estimate of drug-likeness (QED) is 0.622. The standard InChI is InChI=1S/C24H26O7/c1-13(2)21(24(9-10-24)23(26)27)31-19-16(7-8-18(28-3)20(19)29-4)14-5-6-17-15(11-14)12-30-22(17)25/h5-8,11,13,21H,9-10,12H2,1-4H3,(H,26,27)/i3D3,4D3. The number of cyclic esters (lactones) is 1. The molecule has 1 N–H and O–H groups in total. The van der Waals surface area contributed by atoms with Crippen molar-refractivity contribution >= 4 is 11.9 Å². The summed E-state index contributed by atoms with van der Waals surface area (Å²) in [6, 6.07) is 7.55. The van der Waals surface area contributed by atoms with Crippen molar-refractivity contribution in [2.75, 3.05) is 14.1 Å². The lowest BCUT2D eigenvalue weighted by molar-refractivity contribution is -0.148. The minimum atomic E-state index is -3.01. The first-order valence-corrected chi connectivity index (χ1v) is 9.87. The number of hydrogen-bond acceptors (Lipinski definition) is 6. The second kappa shape index (κ2) is 7.80. The van der Waals surface area contributed by atoms with Crippen LogP contribution in [0.2, 0.25) is 0 Å². The van der Waals surface area contributed by atoms with E-state index in [2.05, 4.69) is 0 Å². The fourth-order valence-corrected chi connectivity index (χ4v) is 4.14. The van der Waals surface area contributed by atoms with E-state index in [1.54, 1.807) is 32.0 Å². The van der Waals surface area contributed by atoms with Crippen LogP contribution in [0, 0.1) is 11.3 Å². The number of esters is 1. The van der Waals surface area contributed by atoms with Crippen LogP contribution in [0.1, 0.15) is 50.8 Å². The van der Waals surface area contributed by atoms with Crippen LogP contribution in [0.4, 0.5) is 0 Å². The Morgan fingerprint density at radius 1 is 1.13 bits per heavy atom. The van der Waals surface area contributed by atoms with Gasteiger partial charge in [0.05, 0.1) is 27.9 Å². The number of ether oxygens (including phenoxy) is 4. The first-order chi connectivity index (χ1) is 17.1. The van der Waals surface area contributed by atoms with Crippen LogP contribution in [-0.4, -0.2) is 37.2 Å². The lowest BCUT2D eigenvalue weighted by Crippen LogP contribution is -2.39. The van der Waals surface area contributed by atoms with Crippen molar-refractivity contribution in [1.29, 1.82) is 0 Å². The van der Waals surface area contributed by atoms with Gasteiger partial charge in [-0.25, -0.2) is 4.79 Å². The summed E-state index contributed by atoms with van der Waals surface area (Å²) >= 11 is 0. The van der Waals surface area contributed by atoms with Crippen molar-refractivity contribution in [3.05, 3.63) is 41.5 Å². The Hall–Kier alpha value is -3.22. The van der Waals surface area contributed by atoms with Crippen LogP contribution in [0.3, 0.4) is 0 Å². The Balaban J connectivity index is 1.93. The zero-order valence-electron chi connectivity index (χ0n) is 23.1. The third-order valence-electron chi connectivity index (χ3n) is 5.89. The van der Waals surface area contributed by atoms with E-state index >= 15 is 0 Å². The third kappa shape index (κ3) is 3.48. The number of carboxylic acid groups (broad SMARTS) is 1. The maximum absolute atomic E-state index is 12.2. The zero-order valence-corrected chi connectivity index (χ0v) is 17.1. The van der Waals surface area contributed by atoms with Gasteiger partial charge in [0.25, 0.3) is 0 Å². The number of hydrogen-bond donors (Lipinski definition) is 1. The third-order valence-corrected chi connectivity index (χ3v) is 5.89. The van der Waals surface area contributed by atoms with Gasteiger partial charge < -0.3 is 24.1 Å². The minimum Gasteiger partial charge on any atom is -0.493 e. The van der Waals surface area contributed by atoms with E-state index in [1.165, 1.54) is 12.1 Å². The van der Waals surface area contributed by atoms with Crippen LogP contribution < -0.4 is 14.2 Å². The SMILES string of the molecule is [2H]C([2H])([2H])Oc1ccc(-c2ccc3c(c2)COC3=O)c(OC(C(C)C)C2(C(=O)O)CC2)c1OC([2H])([2H])[2H]. The van der Waals surface area contributed by atoms with E-state index < -0.39 is 49.0 Å². The fraction of sp³-hybridized carbons (Fsp3) is 0.417. The number of aliphatic carboxylic acids is 1. The summed E-state index contributed by atoms with van der Waals surface area (Å²) in [6.45, 7) is 3.60. The maximum Gasteiger partial charge on any atom is 0.338 e. The van der Waals surface area contributed by atoms with Gasteiger partial charge in [0, 0.05) is 11.1 Å². The Labute approximate surface area is 189 Å². The molecule has 164 valence electrons. The zero-order chi connectivity index (χ0) is 27.3. The molecule has 1 aliphatic carbocycles. The van der Waals surface area contributed by atoms with Gasteiger partial charge in [-0.15, -0.1) is 0 Å². The second-order valence-electron chi connectivity index (χ2n) is 8.17. The van der Waals surface area contributed by atoms with Crippen LogP contribution in [0.25, 0.3) is 11.1 Å². The van der Waals surface area contributed by atoms with Crippen molar-refractivity contribution in [2.24, 2.45) is 11.3 Å². The Morgan fingerprint density at radius 2 is 1.87 bits per heavy atom. The Bertz CT molecular complexity index is 1230. The average molecular weight is 433 g/mol. The monoisotopic (exact) mass is 432 g/mol. The molecule has 4 rings (SSSR count). The minimum absolute atomic E-state index is 0.0494. The van der Waals surface area contributed by atoms with Gasteiger partial charge in [0.1, 0.15) is 18.1 Å². The van der Waals surface area contributed by atoms with Crippen LogP contribution >= 0.6 is 0 Å². The molecule has 1 fully saturated rings. The molecule has 0 amide bonds. The molecule has 0 radical (unpaired) electrons. The lowest BCUT2D eigenvalue weighted by atomic mass is 9.90. The van der Waals surface area contributed by atoms with E-state index in [1.807, 2.05) is 0 Å². The number of fused-ring (bicyclic) bond motifs is 1. The predicted octanol–water partition coefficient (Wildman–Crippen LogP) is 4.31. The van der Waals surface area contributed by atoms with Gasteiger partial charge in [-0.1, -0.05) is 19.9 Å². The van der Waals surface area contributed by atoms with E-state index in [9.17, 15) is 14.7 Å². The molecule has 7 nitrogen and oxygen atoms in total. The molecule has 2 aromatic rings. The van der Waals surface area contributed by atoms with Gasteiger partial charge >= 0.3 is 11.9 Å². The fourth-order valence-electron chi connectivity index (χ4n) is 4.14. The van der Waals surface area contributed by atoms with E-state index in [0.29, 0.717) is 35.1 Å². The smallest absolute Gasteiger partial charge is 0.338 e. The molecule has 1 atom stereocenters. The highest BCUT2D eigenvalue weighted by molar-refractivity contribution is 5.94. The van der Waals surface area contributed by atoms with Gasteiger partial charge in [0.15, 0.2) is 11.5 Å². The molecule has 1 saturated carbocycles. The average Bonchev–Trinajstić information content (AvgIpc) is 3.49. The first kappa shape index (κ1) is 14.7. The number of methoxy groups -OCH3 is 2. The van der Waals surface area contributed by atoms with Crippen molar-refractivity contribution < 1.29 is 41.9 Å². The van der Waals surface area contributed by atoms with Gasteiger partial charge in [-0.2, -0.15) is 0 Å². The summed E-state index contributed by atoms with van der Waals surface area (Å²) in [5.41, 5.74) is 0.577. The molecular formula is C24H26O7. The van der Waals surface area contributed by atoms with Crippen molar-refractivity contribution in [3.63, 3.8) is 0 Å². The molecule has 2 aromatic carbocycles. The number of carbonyl (C=O) groups is 2. The molecular weight excluding hydrogens is 400 g/mol. The molecule has 1 heterocycles. The molecule has 2 aliphatic rings. The highest BCUT2D eigenvalue weighted by atomic mass is 16.5. The molecule has 1 aliphatic heterocycles. The molecule has 0 bridgehead atoms. The summed E-state index contributed by atoms with van der Waals surface area (Å²) in [7, 11) is -5.95. The lowest BCUT2D eigenvalue weighted by Gasteiger charge is -2.30. The molecule has 31 heavy (non-hydrogen) atoms. The summed E-state index contributed by atoms with van der Waals surface area (Å²) in [5, 5.41) is 9.94. The summed E-state index contributed by atoms with van der Waals surface area (Å²) in [4.78, 5) is 24.1. The van der Waals surface area contributed by atoms with Crippen molar-refractivity contribution in [3.8, 4) is 28.4 Å². The summed E-state index contributed by atoms with van der Waals surface area (Å²) in [6.07, 6.45) is -0.176. The highest BCUT2D eigenvalue weighted by Gasteiger charge is 2.59. The highest BCUT2D eigenvalue weighted by Crippen LogP contribution is 2.54. The Morgan fingerprint density at radius 3 is 2.52 bits per heavy atom. The summed E-state index contributed by atoms with van der Waals surface area (Å²) < 4.78 is 67.2. The topological polar surface area (TPSA) is 91.3 Å². The molecule has 0 saturated heterocycles. The second-order valence-corrected chi connectivity index (χ2v) is 8.17. The van der Waals surface area contributed by atoms with E-state index in [-0.39, 0.29) is 18.3 Å². The molecule has 0 aromatic heterocycles. The maximum atomic E-state index is 12.2. The van der Waals surface area contributed by atoms with Crippen molar-refractivity contribution in [1.82, 2.24) is 0 Å². The predicted molar refractivity (Wildman–Crippen MR) is 113 cm³/mol. The number of rotatable bonds is 8. The Kier molecular flexibility index (Phi) is 3.70. The largest absolute Gasteiger partial charge is 0.493 e. The number of carbonyl (C=O) groups excluding carboxylic acids is 1. The molecule has 0 spiro atoms. The first-order valence-electron chi connectivity index (χ1n) is 12.9. The molecule has 1 unspecified atom stereocenters. The summed E-state index contributed by atoms with van der Waals surface area (Å²) in [5.74, 6) is -2.90. The van der Waals surface area contributed by atoms with Gasteiger partial charge in [0.2, 0.25) is 5.75 Å². The molecule has 7 heteroatoms. The van der Waals surface area contributed by atoms with Crippen LogP contribution in [0.5, 0.6) is 17.2 Å². The van der Waals surface area contributed by atoms with Gasteiger partial charge in [-0.3, -0.25) is 4.79 Å². The number of carboxylic acids is 1. The van der Waals surface area contributed by atoms with Crippen LogP contribution in [-0.2, 0) is 16.1 Å². The van der Waals surface area contributed by atoms with E-state index in [0.717, 1.165) is 0 Å². The van der Waals surface area contributed by atoms with Crippen molar-refractivity contribution in [2.45, 2.75) is 39.4 Å². The van der Waals surface area contributed by atoms with E-state index in [4.69, 9.17) is 27.2 Å². The van der Waals surface area contributed by atoms with Crippen LogP contribution in [0.15, 0.2) is 30.3 Å².